The topological polar surface area (TPSA) is 79.6 Å². The first-order chi connectivity index (χ1) is 14.5. The van der Waals surface area contributed by atoms with Crippen LogP contribution in [0.1, 0.15) is 32.2 Å². The van der Waals surface area contributed by atoms with Crippen LogP contribution in [0.15, 0.2) is 35.7 Å². The zero-order valence-corrected chi connectivity index (χ0v) is 18.6. The predicted molar refractivity (Wildman–Crippen MR) is 120 cm³/mol. The second kappa shape index (κ2) is 11.1. The summed E-state index contributed by atoms with van der Waals surface area (Å²) in [6, 6.07) is 4.06. The molecule has 0 bridgehead atoms. The van der Waals surface area contributed by atoms with Crippen LogP contribution in [0.25, 0.3) is 5.82 Å². The Bertz CT molecular complexity index is 800. The van der Waals surface area contributed by atoms with Crippen LogP contribution in [-0.4, -0.2) is 70.8 Å². The smallest absolute Gasteiger partial charge is 0.191 e. The van der Waals surface area contributed by atoms with E-state index in [2.05, 4.69) is 52.3 Å². The van der Waals surface area contributed by atoms with E-state index in [4.69, 9.17) is 9.73 Å². The second-order valence-electron chi connectivity index (χ2n) is 8.09. The van der Waals surface area contributed by atoms with Gasteiger partial charge in [-0.1, -0.05) is 19.9 Å². The number of nitrogens with zero attached hydrogens (tertiary/aromatic N) is 5. The molecule has 2 aromatic heterocycles. The summed E-state index contributed by atoms with van der Waals surface area (Å²) >= 11 is 0. The molecule has 1 aliphatic rings. The molecule has 0 aliphatic carbocycles. The van der Waals surface area contributed by atoms with E-state index < -0.39 is 0 Å². The number of morpholine rings is 1. The van der Waals surface area contributed by atoms with Gasteiger partial charge in [-0.25, -0.2) is 15.0 Å². The summed E-state index contributed by atoms with van der Waals surface area (Å²) in [5.74, 6) is 3.26. The molecule has 0 spiro atoms. The minimum Gasteiger partial charge on any atom is -0.374 e. The number of ether oxygens (including phenoxy) is 1. The first-order valence-electron chi connectivity index (χ1n) is 10.9. The highest BCUT2D eigenvalue weighted by Gasteiger charge is 2.21. The molecule has 3 heterocycles. The van der Waals surface area contributed by atoms with Crippen LogP contribution in [0, 0.1) is 12.8 Å². The first kappa shape index (κ1) is 22.2. The molecule has 0 radical (unpaired) electrons. The summed E-state index contributed by atoms with van der Waals surface area (Å²) in [7, 11) is 0. The third-order valence-corrected chi connectivity index (χ3v) is 4.99. The number of pyridine rings is 1. The van der Waals surface area contributed by atoms with Crippen LogP contribution in [0.5, 0.6) is 0 Å². The van der Waals surface area contributed by atoms with E-state index in [-0.39, 0.29) is 6.10 Å². The molecule has 2 aromatic rings. The summed E-state index contributed by atoms with van der Waals surface area (Å²) in [6.45, 7) is 14.6. The summed E-state index contributed by atoms with van der Waals surface area (Å²) < 4.78 is 7.90. The highest BCUT2D eigenvalue weighted by molar-refractivity contribution is 5.79. The van der Waals surface area contributed by atoms with Crippen molar-refractivity contribution in [1.29, 1.82) is 0 Å². The monoisotopic (exact) mass is 413 g/mol. The maximum absolute atomic E-state index is 5.93. The van der Waals surface area contributed by atoms with E-state index in [1.807, 2.05) is 30.0 Å². The number of imidazole rings is 1. The Balaban J connectivity index is 1.53. The van der Waals surface area contributed by atoms with Gasteiger partial charge in [-0.2, -0.15) is 0 Å². The Labute approximate surface area is 179 Å². The Morgan fingerprint density at radius 1 is 1.30 bits per heavy atom. The van der Waals surface area contributed by atoms with Gasteiger partial charge in [-0.15, -0.1) is 0 Å². The van der Waals surface area contributed by atoms with Gasteiger partial charge in [0.2, 0.25) is 0 Å². The molecular weight excluding hydrogens is 378 g/mol. The van der Waals surface area contributed by atoms with E-state index >= 15 is 0 Å². The van der Waals surface area contributed by atoms with Gasteiger partial charge >= 0.3 is 0 Å². The number of aryl methyl sites for hydroxylation is 1. The number of nitrogens with one attached hydrogen (secondary N) is 2. The molecule has 1 aliphatic heterocycles. The number of aliphatic imine (C=N–C) groups is 1. The van der Waals surface area contributed by atoms with E-state index in [9.17, 15) is 0 Å². The number of aromatic nitrogens is 3. The maximum Gasteiger partial charge on any atom is 0.191 e. The average Bonchev–Trinajstić information content (AvgIpc) is 3.16. The van der Waals surface area contributed by atoms with Crippen LogP contribution < -0.4 is 10.6 Å². The molecule has 8 nitrogen and oxygen atoms in total. The van der Waals surface area contributed by atoms with Crippen molar-refractivity contribution in [3.05, 3.63) is 42.1 Å². The van der Waals surface area contributed by atoms with E-state index in [1.54, 1.807) is 6.20 Å². The second-order valence-corrected chi connectivity index (χ2v) is 8.09. The van der Waals surface area contributed by atoms with Crippen molar-refractivity contribution in [1.82, 2.24) is 30.1 Å². The molecule has 8 heteroatoms. The van der Waals surface area contributed by atoms with Gasteiger partial charge in [0.1, 0.15) is 11.6 Å². The Hall–Kier alpha value is -2.45. The molecule has 1 fully saturated rings. The molecule has 164 valence electrons. The number of rotatable bonds is 8. The number of guanidine groups is 1. The molecule has 0 amide bonds. The molecule has 1 saturated heterocycles. The molecular formula is C22H35N7O. The fraction of sp³-hybridized carbons (Fsp3) is 0.591. The quantitative estimate of drug-likeness (QED) is 0.509. The summed E-state index contributed by atoms with van der Waals surface area (Å²) in [5.41, 5.74) is 1.06. The van der Waals surface area contributed by atoms with Gasteiger partial charge in [-0.3, -0.25) is 9.47 Å². The third-order valence-electron chi connectivity index (χ3n) is 4.99. The van der Waals surface area contributed by atoms with Crippen molar-refractivity contribution in [2.75, 3.05) is 39.3 Å². The third kappa shape index (κ3) is 6.53. The van der Waals surface area contributed by atoms with Gasteiger partial charge in [0, 0.05) is 51.3 Å². The summed E-state index contributed by atoms with van der Waals surface area (Å²) in [5, 5.41) is 6.74. The SMILES string of the molecule is CCNC(=NCc1ccc(-n2ccnc2C)nc1)NCC1CN(CC(C)C)CCO1. The lowest BCUT2D eigenvalue weighted by Gasteiger charge is -2.34. The normalized spacial score (nSPS) is 18.0. The Morgan fingerprint density at radius 3 is 2.83 bits per heavy atom. The highest BCUT2D eigenvalue weighted by Crippen LogP contribution is 2.10. The average molecular weight is 414 g/mol. The molecule has 30 heavy (non-hydrogen) atoms. The van der Waals surface area contributed by atoms with E-state index in [0.717, 1.165) is 62.5 Å². The molecule has 0 aromatic carbocycles. The molecule has 1 atom stereocenters. The molecule has 1 unspecified atom stereocenters. The fourth-order valence-corrected chi connectivity index (χ4v) is 3.58. The van der Waals surface area contributed by atoms with Crippen molar-refractivity contribution < 1.29 is 4.74 Å². The van der Waals surface area contributed by atoms with Gasteiger partial charge in [0.15, 0.2) is 5.96 Å². The van der Waals surface area contributed by atoms with Crippen molar-refractivity contribution in [3.8, 4) is 5.82 Å². The fourth-order valence-electron chi connectivity index (χ4n) is 3.58. The first-order valence-corrected chi connectivity index (χ1v) is 10.9. The van der Waals surface area contributed by atoms with Gasteiger partial charge < -0.3 is 15.4 Å². The van der Waals surface area contributed by atoms with Crippen molar-refractivity contribution in [2.24, 2.45) is 10.9 Å². The zero-order valence-electron chi connectivity index (χ0n) is 18.6. The van der Waals surface area contributed by atoms with Gasteiger partial charge in [0.25, 0.3) is 0 Å². The Kier molecular flexibility index (Phi) is 8.21. The summed E-state index contributed by atoms with van der Waals surface area (Å²) in [6.07, 6.45) is 5.75. The van der Waals surface area contributed by atoms with Crippen LogP contribution in [0.3, 0.4) is 0 Å². The van der Waals surface area contributed by atoms with Crippen LogP contribution >= 0.6 is 0 Å². The zero-order chi connectivity index (χ0) is 21.3. The minimum absolute atomic E-state index is 0.181. The number of hydrogen-bond donors (Lipinski definition) is 2. The molecule has 3 rings (SSSR count). The number of hydrogen-bond acceptors (Lipinski definition) is 5. The van der Waals surface area contributed by atoms with Crippen molar-refractivity contribution >= 4 is 5.96 Å². The standard InChI is InChI=1S/C22H35N7O/c1-5-23-22(27-14-20-16-28(10-11-30-20)15-17(2)3)26-13-19-6-7-21(25-12-19)29-9-8-24-18(29)4/h6-9,12,17,20H,5,10-11,13-16H2,1-4H3,(H2,23,26,27). The lowest BCUT2D eigenvalue weighted by atomic mass is 10.2. The maximum atomic E-state index is 5.93. The largest absolute Gasteiger partial charge is 0.374 e. The van der Waals surface area contributed by atoms with E-state index in [0.29, 0.717) is 12.5 Å². The highest BCUT2D eigenvalue weighted by atomic mass is 16.5. The van der Waals surface area contributed by atoms with Crippen LogP contribution in [0.2, 0.25) is 0 Å². The van der Waals surface area contributed by atoms with Gasteiger partial charge in [0.05, 0.1) is 19.3 Å². The van der Waals surface area contributed by atoms with Crippen LogP contribution in [-0.2, 0) is 11.3 Å². The Morgan fingerprint density at radius 2 is 2.17 bits per heavy atom. The van der Waals surface area contributed by atoms with Crippen molar-refractivity contribution in [3.63, 3.8) is 0 Å². The minimum atomic E-state index is 0.181. The van der Waals surface area contributed by atoms with E-state index in [1.165, 1.54) is 0 Å². The molecule has 2 N–H and O–H groups in total. The van der Waals surface area contributed by atoms with Crippen LogP contribution in [0.4, 0.5) is 0 Å². The lowest BCUT2D eigenvalue weighted by molar-refractivity contribution is -0.0284. The molecule has 0 saturated carbocycles. The van der Waals surface area contributed by atoms with Crippen molar-refractivity contribution in [2.45, 2.75) is 40.3 Å². The lowest BCUT2D eigenvalue weighted by Crippen LogP contribution is -2.50. The summed E-state index contributed by atoms with van der Waals surface area (Å²) in [4.78, 5) is 16.0. The van der Waals surface area contributed by atoms with Gasteiger partial charge in [-0.05, 0) is 31.4 Å². The predicted octanol–water partition coefficient (Wildman–Crippen LogP) is 1.99.